The van der Waals surface area contributed by atoms with Crippen molar-refractivity contribution >= 4 is 27.5 Å². The number of hydrogen-bond donors (Lipinski definition) is 2. The Hall–Kier alpha value is -1.63. The van der Waals surface area contributed by atoms with Gasteiger partial charge in [-0.1, -0.05) is 18.2 Å². The van der Waals surface area contributed by atoms with E-state index in [4.69, 9.17) is 9.47 Å². The number of carbonyl (C=O) groups is 1. The van der Waals surface area contributed by atoms with Crippen LogP contribution < -0.4 is 10.6 Å². The lowest BCUT2D eigenvalue weighted by Gasteiger charge is -2.52. The summed E-state index contributed by atoms with van der Waals surface area (Å²) < 4.78 is 13.0. The molecule has 2 amide bonds. The molecule has 1 saturated carbocycles. The molecular weight excluding hydrogens is 336 g/mol. The lowest BCUT2D eigenvalue weighted by Crippen LogP contribution is -2.70. The Bertz CT molecular complexity index is 754. The third kappa shape index (κ3) is 3.03. The third-order valence-electron chi connectivity index (χ3n) is 5.34. The number of ether oxygens (including phenoxy) is 2. The highest BCUT2D eigenvalue weighted by molar-refractivity contribution is 7.17. The zero-order valence-corrected chi connectivity index (χ0v) is 15.2. The Morgan fingerprint density at radius 1 is 1.44 bits per heavy atom. The Morgan fingerprint density at radius 2 is 2.32 bits per heavy atom. The standard InChI is InChI=1S/C19H24N2O3S/c1-2-23-17-10-16(19(17)8-5-9-24-19)21-18(22)20-11-13-12-25-15-7-4-3-6-14(13)15/h3-4,6-7,12,16-17H,2,5,8-11H2,1H3,(H2,20,21,22). The van der Waals surface area contributed by atoms with Crippen LogP contribution in [0.5, 0.6) is 0 Å². The van der Waals surface area contributed by atoms with Crippen molar-refractivity contribution in [1.82, 2.24) is 10.6 Å². The maximum Gasteiger partial charge on any atom is 0.315 e. The maximum atomic E-state index is 12.4. The van der Waals surface area contributed by atoms with E-state index in [1.165, 1.54) is 10.1 Å². The van der Waals surface area contributed by atoms with Gasteiger partial charge >= 0.3 is 6.03 Å². The number of urea groups is 1. The zero-order chi connectivity index (χ0) is 17.3. The average molecular weight is 360 g/mol. The van der Waals surface area contributed by atoms with Crippen molar-refractivity contribution in [3.8, 4) is 0 Å². The lowest BCUT2D eigenvalue weighted by atomic mass is 9.70. The highest BCUT2D eigenvalue weighted by Gasteiger charge is 2.59. The van der Waals surface area contributed by atoms with Gasteiger partial charge in [0.15, 0.2) is 0 Å². The minimum Gasteiger partial charge on any atom is -0.375 e. The summed E-state index contributed by atoms with van der Waals surface area (Å²) in [6, 6.07) is 8.17. The van der Waals surface area contributed by atoms with Crippen LogP contribution in [0.3, 0.4) is 0 Å². The molecule has 1 aliphatic heterocycles. The maximum absolute atomic E-state index is 12.4. The van der Waals surface area contributed by atoms with Crippen molar-refractivity contribution in [1.29, 1.82) is 0 Å². The molecule has 6 heteroatoms. The van der Waals surface area contributed by atoms with E-state index in [1.54, 1.807) is 11.3 Å². The van der Waals surface area contributed by atoms with Gasteiger partial charge in [-0.2, -0.15) is 0 Å². The van der Waals surface area contributed by atoms with E-state index in [-0.39, 0.29) is 23.8 Å². The van der Waals surface area contributed by atoms with Gasteiger partial charge in [0.05, 0.1) is 12.1 Å². The van der Waals surface area contributed by atoms with E-state index in [2.05, 4.69) is 28.1 Å². The minimum atomic E-state index is -0.317. The number of nitrogens with one attached hydrogen (secondary N) is 2. The second-order valence-electron chi connectivity index (χ2n) is 6.72. The fourth-order valence-electron chi connectivity index (χ4n) is 4.03. The second-order valence-corrected chi connectivity index (χ2v) is 7.63. The normalized spacial score (nSPS) is 28.2. The number of amides is 2. The molecule has 1 saturated heterocycles. The summed E-state index contributed by atoms with van der Waals surface area (Å²) in [6.07, 6.45) is 2.91. The first-order valence-corrected chi connectivity index (χ1v) is 9.86. The van der Waals surface area contributed by atoms with Crippen LogP contribution in [0.2, 0.25) is 0 Å². The van der Waals surface area contributed by atoms with Crippen LogP contribution in [0, 0.1) is 0 Å². The number of carbonyl (C=O) groups excluding carboxylic acids is 1. The molecule has 2 N–H and O–H groups in total. The fourth-order valence-corrected chi connectivity index (χ4v) is 5.00. The average Bonchev–Trinajstić information content (AvgIpc) is 3.28. The summed E-state index contributed by atoms with van der Waals surface area (Å²) in [5.74, 6) is 0. The summed E-state index contributed by atoms with van der Waals surface area (Å²) in [5, 5.41) is 9.41. The van der Waals surface area contributed by atoms with Gasteiger partial charge in [-0.15, -0.1) is 11.3 Å². The fraction of sp³-hybridized carbons (Fsp3) is 0.526. The van der Waals surface area contributed by atoms with Crippen LogP contribution in [0.1, 0.15) is 31.7 Å². The SMILES string of the molecule is CCOC1CC(NC(=O)NCc2csc3ccccc23)C12CCCO2. The monoisotopic (exact) mass is 360 g/mol. The smallest absolute Gasteiger partial charge is 0.315 e. The lowest BCUT2D eigenvalue weighted by molar-refractivity contribution is -0.194. The molecular formula is C19H24N2O3S. The summed E-state index contributed by atoms with van der Waals surface area (Å²) in [7, 11) is 0. The highest BCUT2D eigenvalue weighted by atomic mass is 32.1. The van der Waals surface area contributed by atoms with Gasteiger partial charge in [-0.05, 0) is 48.6 Å². The van der Waals surface area contributed by atoms with Crippen molar-refractivity contribution in [2.24, 2.45) is 0 Å². The molecule has 2 fully saturated rings. The second kappa shape index (κ2) is 6.94. The first-order valence-electron chi connectivity index (χ1n) is 8.98. The van der Waals surface area contributed by atoms with E-state index >= 15 is 0 Å². The van der Waals surface area contributed by atoms with Gasteiger partial charge in [0.2, 0.25) is 0 Å². The van der Waals surface area contributed by atoms with Crippen LogP contribution in [0.4, 0.5) is 4.79 Å². The Kier molecular flexibility index (Phi) is 4.67. The van der Waals surface area contributed by atoms with E-state index in [1.807, 2.05) is 19.1 Å². The first-order chi connectivity index (χ1) is 12.2. The van der Waals surface area contributed by atoms with Crippen LogP contribution >= 0.6 is 11.3 Å². The van der Waals surface area contributed by atoms with Crippen LogP contribution in [-0.2, 0) is 16.0 Å². The number of hydrogen-bond acceptors (Lipinski definition) is 4. The van der Waals surface area contributed by atoms with Crippen molar-refractivity contribution in [2.45, 2.75) is 50.5 Å². The number of rotatable bonds is 5. The number of benzene rings is 1. The van der Waals surface area contributed by atoms with Crippen molar-refractivity contribution in [3.63, 3.8) is 0 Å². The topological polar surface area (TPSA) is 59.6 Å². The van der Waals surface area contributed by atoms with Crippen molar-refractivity contribution < 1.29 is 14.3 Å². The Balaban J connectivity index is 1.35. The Morgan fingerprint density at radius 3 is 3.12 bits per heavy atom. The van der Waals surface area contributed by atoms with Crippen LogP contribution in [-0.4, -0.2) is 37.0 Å². The zero-order valence-electron chi connectivity index (χ0n) is 14.4. The molecule has 5 nitrogen and oxygen atoms in total. The third-order valence-corrected chi connectivity index (χ3v) is 6.35. The summed E-state index contributed by atoms with van der Waals surface area (Å²) in [5.41, 5.74) is 0.839. The van der Waals surface area contributed by atoms with Crippen molar-refractivity contribution in [2.75, 3.05) is 13.2 Å². The van der Waals surface area contributed by atoms with Gasteiger partial charge in [0.1, 0.15) is 5.60 Å². The molecule has 1 spiro atoms. The largest absolute Gasteiger partial charge is 0.375 e. The van der Waals surface area contributed by atoms with Gasteiger partial charge < -0.3 is 20.1 Å². The molecule has 1 aromatic carbocycles. The molecule has 1 aromatic heterocycles. The minimum absolute atomic E-state index is 0.0331. The summed E-state index contributed by atoms with van der Waals surface area (Å²) in [6.45, 7) is 3.97. The molecule has 4 rings (SSSR count). The van der Waals surface area contributed by atoms with E-state index in [0.717, 1.165) is 31.4 Å². The van der Waals surface area contributed by atoms with Crippen molar-refractivity contribution in [3.05, 3.63) is 35.2 Å². The van der Waals surface area contributed by atoms with E-state index in [9.17, 15) is 4.79 Å². The van der Waals surface area contributed by atoms with Gasteiger partial charge in [-0.25, -0.2) is 4.79 Å². The predicted molar refractivity (Wildman–Crippen MR) is 98.9 cm³/mol. The molecule has 2 aliphatic rings. The molecule has 25 heavy (non-hydrogen) atoms. The van der Waals surface area contributed by atoms with Crippen LogP contribution in [0.25, 0.3) is 10.1 Å². The van der Waals surface area contributed by atoms with E-state index < -0.39 is 0 Å². The molecule has 134 valence electrons. The molecule has 0 bridgehead atoms. The molecule has 2 heterocycles. The molecule has 3 unspecified atom stereocenters. The highest BCUT2D eigenvalue weighted by Crippen LogP contribution is 2.45. The summed E-state index contributed by atoms with van der Waals surface area (Å²) in [4.78, 5) is 12.4. The van der Waals surface area contributed by atoms with Gasteiger partial charge in [0.25, 0.3) is 0 Å². The first kappa shape index (κ1) is 16.8. The van der Waals surface area contributed by atoms with Gasteiger partial charge in [-0.3, -0.25) is 0 Å². The molecule has 1 aliphatic carbocycles. The molecule has 0 radical (unpaired) electrons. The number of thiophene rings is 1. The Labute approximate surface area is 151 Å². The number of fused-ring (bicyclic) bond motifs is 1. The molecule has 3 atom stereocenters. The quantitative estimate of drug-likeness (QED) is 0.859. The summed E-state index contributed by atoms with van der Waals surface area (Å²) >= 11 is 1.71. The van der Waals surface area contributed by atoms with Crippen LogP contribution in [0.15, 0.2) is 29.6 Å². The predicted octanol–water partition coefficient (Wildman–Crippen LogP) is 3.43. The molecule has 2 aromatic rings. The van der Waals surface area contributed by atoms with Gasteiger partial charge in [0, 0.05) is 24.5 Å². The van der Waals surface area contributed by atoms with E-state index in [0.29, 0.717) is 13.2 Å².